The fourth-order valence-electron chi connectivity index (χ4n) is 3.06. The molecule has 2 nitrogen and oxygen atoms in total. The highest BCUT2D eigenvalue weighted by atomic mass is 35.5. The molecule has 0 radical (unpaired) electrons. The van der Waals surface area contributed by atoms with Crippen LogP contribution >= 0.6 is 11.6 Å². The molecule has 0 bridgehead atoms. The first-order valence-electron chi connectivity index (χ1n) is 7.72. The van der Waals surface area contributed by atoms with Crippen LogP contribution in [0.15, 0.2) is 18.2 Å². The maximum Gasteiger partial charge on any atom is 0.141 e. The van der Waals surface area contributed by atoms with E-state index in [9.17, 15) is 4.39 Å². The SMILES string of the molecule is CCC1CN(Cc2ccc(F)c(Cl)c2)C(C(C)(C)C)CN1. The van der Waals surface area contributed by atoms with E-state index in [0.717, 1.165) is 31.6 Å². The molecular formula is C17H26ClFN2. The van der Waals surface area contributed by atoms with Gasteiger partial charge < -0.3 is 5.32 Å². The molecule has 2 atom stereocenters. The van der Waals surface area contributed by atoms with Crippen molar-refractivity contribution in [3.8, 4) is 0 Å². The van der Waals surface area contributed by atoms with E-state index in [1.165, 1.54) is 6.07 Å². The molecule has 0 spiro atoms. The first kappa shape index (κ1) is 16.7. The highest BCUT2D eigenvalue weighted by Crippen LogP contribution is 2.28. The minimum absolute atomic E-state index is 0.204. The van der Waals surface area contributed by atoms with Crippen LogP contribution in [0.2, 0.25) is 5.02 Å². The van der Waals surface area contributed by atoms with E-state index in [1.54, 1.807) is 6.07 Å². The van der Waals surface area contributed by atoms with Gasteiger partial charge in [0.1, 0.15) is 5.82 Å². The molecule has 1 aromatic rings. The van der Waals surface area contributed by atoms with E-state index in [1.807, 2.05) is 6.07 Å². The zero-order chi connectivity index (χ0) is 15.6. The van der Waals surface area contributed by atoms with Gasteiger partial charge in [-0.1, -0.05) is 45.4 Å². The topological polar surface area (TPSA) is 15.3 Å². The number of nitrogens with one attached hydrogen (secondary N) is 1. The number of nitrogens with zero attached hydrogens (tertiary/aromatic N) is 1. The molecule has 0 amide bonds. The van der Waals surface area contributed by atoms with Crippen molar-refractivity contribution < 1.29 is 4.39 Å². The van der Waals surface area contributed by atoms with Crippen LogP contribution in [0.5, 0.6) is 0 Å². The van der Waals surface area contributed by atoms with E-state index < -0.39 is 0 Å². The van der Waals surface area contributed by atoms with Crippen LogP contribution in [0.1, 0.15) is 39.7 Å². The average Bonchev–Trinajstić information content (AvgIpc) is 2.41. The van der Waals surface area contributed by atoms with Gasteiger partial charge in [-0.3, -0.25) is 4.90 Å². The van der Waals surface area contributed by atoms with Gasteiger partial charge in [0.15, 0.2) is 0 Å². The number of rotatable bonds is 3. The van der Waals surface area contributed by atoms with Gasteiger partial charge in [-0.25, -0.2) is 4.39 Å². The van der Waals surface area contributed by atoms with Crippen molar-refractivity contribution in [3.63, 3.8) is 0 Å². The molecule has 1 heterocycles. The van der Waals surface area contributed by atoms with Gasteiger partial charge in [0.25, 0.3) is 0 Å². The molecule has 21 heavy (non-hydrogen) atoms. The zero-order valence-corrected chi connectivity index (χ0v) is 14.2. The molecule has 1 aliphatic heterocycles. The van der Waals surface area contributed by atoms with Crippen molar-refractivity contribution in [3.05, 3.63) is 34.6 Å². The Bertz CT molecular complexity index is 484. The highest BCUT2D eigenvalue weighted by Gasteiger charge is 2.34. The molecule has 1 N–H and O–H groups in total. The Morgan fingerprint density at radius 2 is 2.10 bits per heavy atom. The molecular weight excluding hydrogens is 287 g/mol. The number of piperazine rings is 1. The van der Waals surface area contributed by atoms with E-state index >= 15 is 0 Å². The van der Waals surface area contributed by atoms with Crippen molar-refractivity contribution in [2.75, 3.05) is 13.1 Å². The lowest BCUT2D eigenvalue weighted by Gasteiger charge is -2.46. The third kappa shape index (κ3) is 4.18. The maximum atomic E-state index is 13.3. The Morgan fingerprint density at radius 3 is 2.67 bits per heavy atom. The fourth-order valence-corrected chi connectivity index (χ4v) is 3.26. The largest absolute Gasteiger partial charge is 0.311 e. The summed E-state index contributed by atoms with van der Waals surface area (Å²) < 4.78 is 13.3. The molecule has 1 aliphatic rings. The van der Waals surface area contributed by atoms with Gasteiger partial charge in [0.05, 0.1) is 5.02 Å². The lowest BCUT2D eigenvalue weighted by Crippen LogP contribution is -2.59. The molecule has 4 heteroatoms. The molecule has 0 aromatic heterocycles. The van der Waals surface area contributed by atoms with Crippen LogP contribution in [0.3, 0.4) is 0 Å². The summed E-state index contributed by atoms with van der Waals surface area (Å²) in [5.74, 6) is -0.348. The van der Waals surface area contributed by atoms with Gasteiger partial charge in [0, 0.05) is 31.7 Å². The van der Waals surface area contributed by atoms with E-state index in [2.05, 4.69) is 37.9 Å². The first-order valence-corrected chi connectivity index (χ1v) is 8.10. The standard InChI is InChI=1S/C17H26ClFN2/c1-5-13-11-21(16(9-20-13)17(2,3)4)10-12-6-7-15(19)14(18)8-12/h6-8,13,16,20H,5,9-11H2,1-4H3. The van der Waals surface area contributed by atoms with Crippen LogP contribution < -0.4 is 5.32 Å². The van der Waals surface area contributed by atoms with Crippen LogP contribution in [0.25, 0.3) is 0 Å². The summed E-state index contributed by atoms with van der Waals surface area (Å²) >= 11 is 5.91. The van der Waals surface area contributed by atoms with Crippen LogP contribution in [0.4, 0.5) is 4.39 Å². The lowest BCUT2D eigenvalue weighted by atomic mass is 9.83. The monoisotopic (exact) mass is 312 g/mol. The minimum Gasteiger partial charge on any atom is -0.311 e. The summed E-state index contributed by atoms with van der Waals surface area (Å²) in [6, 6.07) is 6.04. The zero-order valence-electron chi connectivity index (χ0n) is 13.4. The predicted molar refractivity (Wildman–Crippen MR) is 87.1 cm³/mol. The third-order valence-corrected chi connectivity index (χ3v) is 4.65. The van der Waals surface area contributed by atoms with Crippen molar-refractivity contribution in [1.29, 1.82) is 0 Å². The van der Waals surface area contributed by atoms with Crippen LogP contribution in [0, 0.1) is 11.2 Å². The summed E-state index contributed by atoms with van der Waals surface area (Å²) in [5.41, 5.74) is 1.28. The van der Waals surface area contributed by atoms with Gasteiger partial charge in [-0.2, -0.15) is 0 Å². The van der Waals surface area contributed by atoms with Gasteiger partial charge >= 0.3 is 0 Å². The molecule has 1 saturated heterocycles. The number of benzene rings is 1. The highest BCUT2D eigenvalue weighted by molar-refractivity contribution is 6.30. The van der Waals surface area contributed by atoms with Crippen LogP contribution in [-0.4, -0.2) is 30.1 Å². The second-order valence-electron chi connectivity index (χ2n) is 7.07. The predicted octanol–water partition coefficient (Wildman–Crippen LogP) is 4.08. The van der Waals surface area contributed by atoms with Gasteiger partial charge in [-0.15, -0.1) is 0 Å². The summed E-state index contributed by atoms with van der Waals surface area (Å²) in [6.45, 7) is 11.9. The Hall–Kier alpha value is -0.640. The summed E-state index contributed by atoms with van der Waals surface area (Å²) in [6.07, 6.45) is 1.12. The molecule has 1 fully saturated rings. The quantitative estimate of drug-likeness (QED) is 0.905. The number of halogens is 2. The second kappa shape index (κ2) is 6.64. The Balaban J connectivity index is 2.17. The molecule has 2 unspecified atom stereocenters. The van der Waals surface area contributed by atoms with Gasteiger partial charge in [0.2, 0.25) is 0 Å². The van der Waals surface area contributed by atoms with E-state index in [-0.39, 0.29) is 16.3 Å². The molecule has 2 rings (SSSR count). The van der Waals surface area contributed by atoms with Crippen LogP contribution in [-0.2, 0) is 6.54 Å². The Labute approximate surface area is 132 Å². The van der Waals surface area contributed by atoms with E-state index in [0.29, 0.717) is 12.1 Å². The first-order chi connectivity index (χ1) is 9.81. The summed E-state index contributed by atoms with van der Waals surface area (Å²) in [7, 11) is 0. The molecule has 0 aliphatic carbocycles. The summed E-state index contributed by atoms with van der Waals surface area (Å²) in [4.78, 5) is 2.51. The second-order valence-corrected chi connectivity index (χ2v) is 7.48. The van der Waals surface area contributed by atoms with Crippen molar-refractivity contribution >= 4 is 11.6 Å². The molecule has 1 aromatic carbocycles. The van der Waals surface area contributed by atoms with E-state index in [4.69, 9.17) is 11.6 Å². The number of hydrogen-bond acceptors (Lipinski definition) is 2. The normalized spacial score (nSPS) is 24.3. The Morgan fingerprint density at radius 1 is 1.38 bits per heavy atom. The van der Waals surface area contributed by atoms with Crippen molar-refractivity contribution in [2.45, 2.75) is 52.7 Å². The maximum absolute atomic E-state index is 13.3. The van der Waals surface area contributed by atoms with Crippen molar-refractivity contribution in [1.82, 2.24) is 10.2 Å². The smallest absolute Gasteiger partial charge is 0.141 e. The van der Waals surface area contributed by atoms with Crippen molar-refractivity contribution in [2.24, 2.45) is 5.41 Å². The lowest BCUT2D eigenvalue weighted by molar-refractivity contribution is 0.0485. The minimum atomic E-state index is -0.348. The number of hydrogen-bond donors (Lipinski definition) is 1. The average molecular weight is 313 g/mol. The summed E-state index contributed by atoms with van der Waals surface area (Å²) in [5, 5.41) is 3.84. The van der Waals surface area contributed by atoms with Gasteiger partial charge in [-0.05, 0) is 29.5 Å². The third-order valence-electron chi connectivity index (χ3n) is 4.36. The Kier molecular flexibility index (Phi) is 5.29. The molecule has 0 saturated carbocycles. The fraction of sp³-hybridized carbons (Fsp3) is 0.647. The molecule has 118 valence electrons.